The van der Waals surface area contributed by atoms with Gasteiger partial charge in [-0.05, 0) is 40.8 Å². The number of nitrogens with two attached hydrogens (primary N) is 1. The minimum atomic E-state index is -0.163. The van der Waals surface area contributed by atoms with Crippen LogP contribution in [0.15, 0.2) is 29.1 Å². The van der Waals surface area contributed by atoms with Gasteiger partial charge in [0.2, 0.25) is 6.39 Å². The quantitative estimate of drug-likeness (QED) is 0.633. The summed E-state index contributed by atoms with van der Waals surface area (Å²) in [7, 11) is 0. The highest BCUT2D eigenvalue weighted by molar-refractivity contribution is 14.1. The zero-order chi connectivity index (χ0) is 13.0. The van der Waals surface area contributed by atoms with Crippen molar-refractivity contribution in [1.82, 2.24) is 15.5 Å². The smallest absolute Gasteiger partial charge is 0.251 e. The number of amides is 1. The molecule has 0 atom stereocenters. The average Bonchev–Trinajstić information content (AvgIpc) is 2.80. The van der Waals surface area contributed by atoms with Gasteiger partial charge in [0.15, 0.2) is 5.82 Å². The molecule has 0 fully saturated rings. The summed E-state index contributed by atoms with van der Waals surface area (Å²) in [5.74, 6) is 0.404. The fourth-order valence-corrected chi connectivity index (χ4v) is 2.13. The first kappa shape index (κ1) is 12.8. The molecule has 2 aromatic rings. The first-order chi connectivity index (χ1) is 8.65. The summed E-state index contributed by atoms with van der Waals surface area (Å²) in [4.78, 5) is 15.7. The van der Waals surface area contributed by atoms with Gasteiger partial charge in [0.25, 0.3) is 5.91 Å². The van der Waals surface area contributed by atoms with Gasteiger partial charge >= 0.3 is 0 Å². The first-order valence-corrected chi connectivity index (χ1v) is 6.32. The molecule has 0 aliphatic rings. The number of anilines is 1. The number of carbonyl (C=O) groups excluding carboxylic acids is 1. The van der Waals surface area contributed by atoms with Gasteiger partial charge in [0.05, 0.1) is 0 Å². The van der Waals surface area contributed by atoms with E-state index in [1.165, 1.54) is 6.39 Å². The van der Waals surface area contributed by atoms with E-state index >= 15 is 0 Å². The molecule has 3 N–H and O–H groups in total. The molecule has 0 spiro atoms. The van der Waals surface area contributed by atoms with Crippen LogP contribution in [0.25, 0.3) is 0 Å². The van der Waals surface area contributed by atoms with E-state index < -0.39 is 0 Å². The molecular formula is C11H11IN4O2. The van der Waals surface area contributed by atoms with E-state index in [9.17, 15) is 4.79 Å². The number of hydrogen-bond acceptors (Lipinski definition) is 5. The summed E-state index contributed by atoms with van der Waals surface area (Å²) in [6, 6.07) is 5.23. The number of rotatable bonds is 4. The van der Waals surface area contributed by atoms with Crippen LogP contribution in [-0.4, -0.2) is 22.6 Å². The Hall–Kier alpha value is -1.64. The maximum absolute atomic E-state index is 11.8. The highest BCUT2D eigenvalue weighted by Crippen LogP contribution is 2.13. The van der Waals surface area contributed by atoms with Gasteiger partial charge in [-0.2, -0.15) is 4.98 Å². The number of benzene rings is 1. The van der Waals surface area contributed by atoms with Gasteiger partial charge in [-0.25, -0.2) is 0 Å². The predicted molar refractivity (Wildman–Crippen MR) is 73.9 cm³/mol. The Balaban J connectivity index is 1.91. The van der Waals surface area contributed by atoms with Crippen LogP contribution in [-0.2, 0) is 6.42 Å². The molecule has 0 saturated heterocycles. The van der Waals surface area contributed by atoms with E-state index in [2.05, 4.69) is 42.6 Å². The molecule has 2 rings (SSSR count). The highest BCUT2D eigenvalue weighted by Gasteiger charge is 2.07. The molecule has 1 heterocycles. The second-order valence-electron chi connectivity index (χ2n) is 3.63. The van der Waals surface area contributed by atoms with Crippen LogP contribution >= 0.6 is 22.6 Å². The van der Waals surface area contributed by atoms with Gasteiger partial charge in [-0.3, -0.25) is 4.79 Å². The Bertz CT molecular complexity index is 522. The summed E-state index contributed by atoms with van der Waals surface area (Å²) in [5.41, 5.74) is 6.81. The van der Waals surface area contributed by atoms with Crippen LogP contribution in [0.4, 0.5) is 5.69 Å². The Morgan fingerprint density at radius 2 is 2.28 bits per heavy atom. The molecule has 0 unspecified atom stereocenters. The van der Waals surface area contributed by atoms with Crippen molar-refractivity contribution < 1.29 is 9.32 Å². The number of nitrogens with zero attached hydrogens (tertiary/aromatic N) is 2. The van der Waals surface area contributed by atoms with Crippen molar-refractivity contribution in [2.75, 3.05) is 12.3 Å². The van der Waals surface area contributed by atoms with Gasteiger partial charge in [-0.1, -0.05) is 5.16 Å². The molecule has 0 radical (unpaired) electrons. The van der Waals surface area contributed by atoms with E-state index in [1.807, 2.05) is 0 Å². The van der Waals surface area contributed by atoms with Gasteiger partial charge < -0.3 is 15.6 Å². The molecule has 0 bridgehead atoms. The van der Waals surface area contributed by atoms with E-state index in [0.717, 1.165) is 3.57 Å². The van der Waals surface area contributed by atoms with Crippen LogP contribution in [0.3, 0.4) is 0 Å². The minimum absolute atomic E-state index is 0.163. The Kier molecular flexibility index (Phi) is 4.13. The Labute approximate surface area is 117 Å². The molecule has 1 amide bonds. The average molecular weight is 358 g/mol. The lowest BCUT2D eigenvalue weighted by molar-refractivity contribution is 0.0954. The lowest BCUT2D eigenvalue weighted by atomic mass is 10.2. The second-order valence-corrected chi connectivity index (χ2v) is 4.87. The number of hydrogen-bond donors (Lipinski definition) is 2. The summed E-state index contributed by atoms with van der Waals surface area (Å²) in [6.45, 7) is 0.448. The molecule has 0 aliphatic carbocycles. The highest BCUT2D eigenvalue weighted by atomic mass is 127. The second kappa shape index (κ2) is 5.80. The van der Waals surface area contributed by atoms with Crippen LogP contribution < -0.4 is 11.1 Å². The van der Waals surface area contributed by atoms with Gasteiger partial charge in [-0.15, -0.1) is 0 Å². The molecule has 6 nitrogen and oxygen atoms in total. The number of aromatic nitrogens is 2. The third-order valence-corrected chi connectivity index (χ3v) is 2.85. The molecule has 1 aromatic heterocycles. The molecule has 0 aliphatic heterocycles. The zero-order valence-corrected chi connectivity index (χ0v) is 11.5. The third-order valence-electron chi connectivity index (χ3n) is 2.22. The SMILES string of the molecule is Nc1cc(I)cc(C(=O)NCCc2ncon2)c1. The lowest BCUT2D eigenvalue weighted by Crippen LogP contribution is -2.26. The molecule has 18 heavy (non-hydrogen) atoms. The fourth-order valence-electron chi connectivity index (χ4n) is 1.44. The van der Waals surface area contributed by atoms with Crippen LogP contribution in [0, 0.1) is 3.57 Å². The van der Waals surface area contributed by atoms with Crippen molar-refractivity contribution in [3.63, 3.8) is 0 Å². The van der Waals surface area contributed by atoms with Gasteiger partial charge in [0.1, 0.15) is 0 Å². The minimum Gasteiger partial charge on any atom is -0.399 e. The Morgan fingerprint density at radius 1 is 1.44 bits per heavy atom. The Morgan fingerprint density at radius 3 is 2.94 bits per heavy atom. The summed E-state index contributed by atoms with van der Waals surface area (Å²) < 4.78 is 5.52. The number of nitrogens with one attached hydrogen (secondary N) is 1. The van der Waals surface area contributed by atoms with Crippen molar-refractivity contribution in [2.45, 2.75) is 6.42 Å². The maximum atomic E-state index is 11.8. The topological polar surface area (TPSA) is 94.0 Å². The first-order valence-electron chi connectivity index (χ1n) is 5.24. The van der Waals surface area contributed by atoms with E-state index in [4.69, 9.17) is 5.73 Å². The van der Waals surface area contributed by atoms with E-state index in [1.54, 1.807) is 18.2 Å². The van der Waals surface area contributed by atoms with Crippen molar-refractivity contribution in [3.05, 3.63) is 39.6 Å². The van der Waals surface area contributed by atoms with E-state index in [0.29, 0.717) is 30.0 Å². The largest absolute Gasteiger partial charge is 0.399 e. The van der Waals surface area contributed by atoms with Crippen LogP contribution in [0.1, 0.15) is 16.2 Å². The fraction of sp³-hybridized carbons (Fsp3) is 0.182. The molecule has 1 aromatic carbocycles. The molecule has 94 valence electrons. The van der Waals surface area contributed by atoms with Crippen molar-refractivity contribution in [1.29, 1.82) is 0 Å². The van der Waals surface area contributed by atoms with Crippen LogP contribution in [0.5, 0.6) is 0 Å². The third kappa shape index (κ3) is 3.42. The summed E-state index contributed by atoms with van der Waals surface area (Å²) in [5, 5.41) is 6.43. The predicted octanol–water partition coefficient (Wildman–Crippen LogP) is 1.23. The number of nitrogen functional groups attached to an aromatic ring is 1. The number of halogens is 1. The lowest BCUT2D eigenvalue weighted by Gasteiger charge is -2.05. The van der Waals surface area contributed by atoms with E-state index in [-0.39, 0.29) is 5.91 Å². The van der Waals surface area contributed by atoms with Crippen molar-refractivity contribution >= 4 is 34.2 Å². The molecular weight excluding hydrogens is 347 g/mol. The number of carbonyl (C=O) groups is 1. The summed E-state index contributed by atoms with van der Waals surface area (Å²) in [6.07, 6.45) is 1.79. The molecule has 7 heteroatoms. The normalized spacial score (nSPS) is 10.3. The maximum Gasteiger partial charge on any atom is 0.251 e. The summed E-state index contributed by atoms with van der Waals surface area (Å²) >= 11 is 2.12. The zero-order valence-electron chi connectivity index (χ0n) is 9.39. The van der Waals surface area contributed by atoms with Crippen molar-refractivity contribution in [3.8, 4) is 0 Å². The molecule has 0 saturated carbocycles. The van der Waals surface area contributed by atoms with Crippen molar-refractivity contribution in [2.24, 2.45) is 0 Å². The van der Waals surface area contributed by atoms with Crippen LogP contribution in [0.2, 0.25) is 0 Å². The monoisotopic (exact) mass is 358 g/mol. The van der Waals surface area contributed by atoms with Gasteiger partial charge in [0, 0.05) is 27.8 Å². The standard InChI is InChI=1S/C11H11IN4O2/c12-8-3-7(4-9(13)5-8)11(17)14-2-1-10-15-6-18-16-10/h3-6H,1-2,13H2,(H,14,17).